The second-order valence-electron chi connectivity index (χ2n) is 6.08. The summed E-state index contributed by atoms with van der Waals surface area (Å²) in [6.45, 7) is 4.71. The van der Waals surface area contributed by atoms with Gasteiger partial charge in [0.2, 0.25) is 0 Å². The van der Waals surface area contributed by atoms with Crippen molar-refractivity contribution in [1.82, 2.24) is 4.90 Å². The van der Waals surface area contributed by atoms with Crippen LogP contribution >= 0.6 is 23.4 Å². The molecule has 1 aliphatic rings. The summed E-state index contributed by atoms with van der Waals surface area (Å²) in [6, 6.07) is 9.18. The van der Waals surface area contributed by atoms with Crippen molar-refractivity contribution in [3.8, 4) is 11.5 Å². The Kier molecular flexibility index (Phi) is 6.82. The van der Waals surface area contributed by atoms with Crippen LogP contribution in [0.1, 0.15) is 25.0 Å². The fourth-order valence-electron chi connectivity index (χ4n) is 2.77. The third kappa shape index (κ3) is 4.92. The van der Waals surface area contributed by atoms with E-state index in [1.54, 1.807) is 24.3 Å². The highest BCUT2D eigenvalue weighted by Crippen LogP contribution is 2.36. The molecule has 1 heterocycles. The van der Waals surface area contributed by atoms with Crippen LogP contribution in [0.25, 0.3) is 6.08 Å². The zero-order chi connectivity index (χ0) is 21.0. The third-order valence-corrected chi connectivity index (χ3v) is 5.34. The lowest BCUT2D eigenvalue weighted by Crippen LogP contribution is -2.27. The van der Waals surface area contributed by atoms with Gasteiger partial charge in [0, 0.05) is 5.02 Å². The SMILES string of the molecule is CCOc1ccc(/C=C2/SC(=O)N(Cc3ccc(F)cc3Cl)C2=O)cc1OCC. The van der Waals surface area contributed by atoms with Crippen molar-refractivity contribution in [2.24, 2.45) is 0 Å². The molecule has 1 saturated heterocycles. The number of nitrogens with zero attached hydrogens (tertiary/aromatic N) is 1. The third-order valence-electron chi connectivity index (χ3n) is 4.08. The minimum atomic E-state index is -0.478. The van der Waals surface area contributed by atoms with Gasteiger partial charge in [0.25, 0.3) is 11.1 Å². The molecular formula is C21H19ClFNO4S. The summed E-state index contributed by atoms with van der Waals surface area (Å²) in [6.07, 6.45) is 1.63. The molecule has 2 amide bonds. The Hall–Kier alpha value is -2.51. The molecule has 0 aromatic heterocycles. The predicted octanol–water partition coefficient (Wildman–Crippen LogP) is 5.51. The number of thioether (sulfide) groups is 1. The summed E-state index contributed by atoms with van der Waals surface area (Å²) in [5.41, 5.74) is 1.21. The first-order valence-electron chi connectivity index (χ1n) is 9.01. The Morgan fingerprint density at radius 2 is 1.79 bits per heavy atom. The maximum Gasteiger partial charge on any atom is 0.293 e. The van der Waals surface area contributed by atoms with Crippen LogP contribution in [0.2, 0.25) is 5.02 Å². The van der Waals surface area contributed by atoms with E-state index in [1.807, 2.05) is 13.8 Å². The molecule has 2 aromatic carbocycles. The lowest BCUT2D eigenvalue weighted by Gasteiger charge is -2.13. The Morgan fingerprint density at radius 3 is 2.48 bits per heavy atom. The van der Waals surface area contributed by atoms with E-state index in [-0.39, 0.29) is 11.6 Å². The monoisotopic (exact) mass is 435 g/mol. The fourth-order valence-corrected chi connectivity index (χ4v) is 3.83. The van der Waals surface area contributed by atoms with Gasteiger partial charge in [-0.05, 0) is 67.1 Å². The molecule has 0 atom stereocenters. The number of halogens is 2. The van der Waals surface area contributed by atoms with E-state index in [2.05, 4.69) is 0 Å². The predicted molar refractivity (Wildman–Crippen MR) is 112 cm³/mol. The number of hydrogen-bond donors (Lipinski definition) is 0. The van der Waals surface area contributed by atoms with Crippen LogP contribution in [0, 0.1) is 5.82 Å². The first kappa shape index (κ1) is 21.2. The highest BCUT2D eigenvalue weighted by molar-refractivity contribution is 8.18. The first-order chi connectivity index (χ1) is 13.9. The van der Waals surface area contributed by atoms with Crippen molar-refractivity contribution in [3.05, 3.63) is 63.3 Å². The largest absolute Gasteiger partial charge is 0.490 e. The fraction of sp³-hybridized carbons (Fsp3) is 0.238. The summed E-state index contributed by atoms with van der Waals surface area (Å²) in [4.78, 5) is 26.5. The minimum absolute atomic E-state index is 0.0193. The lowest BCUT2D eigenvalue weighted by atomic mass is 10.1. The van der Waals surface area contributed by atoms with Crippen molar-refractivity contribution in [2.45, 2.75) is 20.4 Å². The molecule has 0 saturated carbocycles. The van der Waals surface area contributed by atoms with Crippen LogP contribution in [0.3, 0.4) is 0 Å². The standard InChI is InChI=1S/C21H19ClFNO4S/c1-3-27-17-8-5-13(9-18(17)28-4-2)10-19-20(25)24(21(26)29-19)12-14-6-7-15(23)11-16(14)22/h5-11H,3-4,12H2,1-2H3/b19-10+. The van der Waals surface area contributed by atoms with Crippen LogP contribution in [0.4, 0.5) is 9.18 Å². The van der Waals surface area contributed by atoms with Gasteiger partial charge in [0.1, 0.15) is 5.82 Å². The summed E-state index contributed by atoms with van der Waals surface area (Å²) in [7, 11) is 0. The summed E-state index contributed by atoms with van der Waals surface area (Å²) in [5, 5.41) is -0.237. The number of carbonyl (C=O) groups is 2. The van der Waals surface area contributed by atoms with Crippen molar-refractivity contribution < 1.29 is 23.5 Å². The average molecular weight is 436 g/mol. The Morgan fingerprint density at radius 1 is 1.07 bits per heavy atom. The molecule has 8 heteroatoms. The number of amides is 2. The summed E-state index contributed by atoms with van der Waals surface area (Å²) < 4.78 is 24.4. The van der Waals surface area contributed by atoms with Gasteiger partial charge >= 0.3 is 0 Å². The average Bonchev–Trinajstić information content (AvgIpc) is 2.93. The van der Waals surface area contributed by atoms with Gasteiger partial charge in [0.15, 0.2) is 11.5 Å². The molecule has 152 valence electrons. The number of rotatable bonds is 7. The number of hydrogen-bond acceptors (Lipinski definition) is 5. The van der Waals surface area contributed by atoms with Gasteiger partial charge in [-0.15, -0.1) is 0 Å². The van der Waals surface area contributed by atoms with Crippen molar-refractivity contribution >= 4 is 40.6 Å². The molecule has 5 nitrogen and oxygen atoms in total. The van der Waals surface area contributed by atoms with Crippen LogP contribution in [-0.2, 0) is 11.3 Å². The van der Waals surface area contributed by atoms with Crippen LogP contribution in [0.5, 0.6) is 11.5 Å². The van der Waals surface area contributed by atoms with E-state index >= 15 is 0 Å². The maximum absolute atomic E-state index is 13.2. The Balaban J connectivity index is 1.83. The summed E-state index contributed by atoms with van der Waals surface area (Å²) in [5.74, 6) is 0.284. The van der Waals surface area contributed by atoms with Gasteiger partial charge in [0.05, 0.1) is 24.7 Å². The topological polar surface area (TPSA) is 55.8 Å². The van der Waals surface area contributed by atoms with E-state index in [0.717, 1.165) is 22.7 Å². The molecule has 29 heavy (non-hydrogen) atoms. The second-order valence-corrected chi connectivity index (χ2v) is 7.48. The van der Waals surface area contributed by atoms with E-state index in [9.17, 15) is 14.0 Å². The molecule has 0 bridgehead atoms. The molecule has 1 aliphatic heterocycles. The molecule has 0 spiro atoms. The van der Waals surface area contributed by atoms with Crippen LogP contribution in [0.15, 0.2) is 41.3 Å². The number of ether oxygens (including phenoxy) is 2. The van der Waals surface area contributed by atoms with Crippen molar-refractivity contribution in [1.29, 1.82) is 0 Å². The Labute approximate surface area is 177 Å². The second kappa shape index (κ2) is 9.33. The van der Waals surface area contributed by atoms with Gasteiger partial charge in [-0.3, -0.25) is 14.5 Å². The summed E-state index contributed by atoms with van der Waals surface area (Å²) >= 11 is 6.87. The number of imide groups is 1. The zero-order valence-electron chi connectivity index (χ0n) is 15.9. The Bertz CT molecular complexity index is 979. The molecular weight excluding hydrogens is 417 g/mol. The minimum Gasteiger partial charge on any atom is -0.490 e. The normalized spacial score (nSPS) is 15.3. The van der Waals surface area contributed by atoms with Gasteiger partial charge in [-0.1, -0.05) is 23.7 Å². The molecule has 2 aromatic rings. The highest BCUT2D eigenvalue weighted by Gasteiger charge is 2.35. The first-order valence-corrected chi connectivity index (χ1v) is 10.2. The van der Waals surface area contributed by atoms with Gasteiger partial charge in [-0.2, -0.15) is 0 Å². The molecule has 0 N–H and O–H groups in total. The van der Waals surface area contributed by atoms with E-state index in [1.165, 1.54) is 12.1 Å². The van der Waals surface area contributed by atoms with Crippen LogP contribution < -0.4 is 9.47 Å². The van der Waals surface area contributed by atoms with Crippen LogP contribution in [-0.4, -0.2) is 29.3 Å². The molecule has 1 fully saturated rings. The maximum atomic E-state index is 13.2. The molecule has 0 aliphatic carbocycles. The van der Waals surface area contributed by atoms with E-state index < -0.39 is 17.0 Å². The van der Waals surface area contributed by atoms with E-state index in [4.69, 9.17) is 21.1 Å². The lowest BCUT2D eigenvalue weighted by molar-refractivity contribution is -0.123. The number of carbonyl (C=O) groups excluding carboxylic acids is 2. The highest BCUT2D eigenvalue weighted by atomic mass is 35.5. The van der Waals surface area contributed by atoms with Crippen molar-refractivity contribution in [3.63, 3.8) is 0 Å². The molecule has 3 rings (SSSR count). The quantitative estimate of drug-likeness (QED) is 0.536. The number of benzene rings is 2. The zero-order valence-corrected chi connectivity index (χ0v) is 17.5. The molecule has 0 unspecified atom stereocenters. The van der Waals surface area contributed by atoms with Crippen molar-refractivity contribution in [2.75, 3.05) is 13.2 Å². The smallest absolute Gasteiger partial charge is 0.293 e. The van der Waals surface area contributed by atoms with Gasteiger partial charge in [-0.25, -0.2) is 4.39 Å². The van der Waals surface area contributed by atoms with E-state index in [0.29, 0.717) is 40.7 Å². The van der Waals surface area contributed by atoms with Gasteiger partial charge < -0.3 is 9.47 Å². The molecule has 0 radical (unpaired) electrons.